The van der Waals surface area contributed by atoms with Crippen LogP contribution in [0.1, 0.15) is 37.8 Å². The zero-order chi connectivity index (χ0) is 23.1. The molecule has 2 aromatic carbocycles. The molecule has 0 amide bonds. The van der Waals surface area contributed by atoms with Crippen LogP contribution in [0.3, 0.4) is 0 Å². The van der Waals surface area contributed by atoms with Crippen molar-refractivity contribution in [3.05, 3.63) is 63.0 Å². The fourth-order valence-corrected chi connectivity index (χ4v) is 7.93. The molecule has 0 unspecified atom stereocenters. The van der Waals surface area contributed by atoms with E-state index in [2.05, 4.69) is 85.0 Å². The number of halogens is 1. The maximum atomic E-state index is 5.70. The number of anilines is 1. The quantitative estimate of drug-likeness (QED) is 0.302. The van der Waals surface area contributed by atoms with Crippen molar-refractivity contribution in [3.63, 3.8) is 0 Å². The van der Waals surface area contributed by atoms with Crippen LogP contribution >= 0.6 is 34.4 Å². The summed E-state index contributed by atoms with van der Waals surface area (Å²) in [5.74, 6) is 0.964. The highest BCUT2D eigenvalue weighted by Crippen LogP contribution is 2.47. The molecule has 0 spiro atoms. The second kappa shape index (κ2) is 10.4. The summed E-state index contributed by atoms with van der Waals surface area (Å²) >= 11 is 5.54. The summed E-state index contributed by atoms with van der Waals surface area (Å²) < 4.78 is 10.8. The van der Waals surface area contributed by atoms with Crippen LogP contribution in [0.2, 0.25) is 0 Å². The van der Waals surface area contributed by atoms with E-state index in [0.29, 0.717) is 0 Å². The van der Waals surface area contributed by atoms with Gasteiger partial charge in [-0.25, -0.2) is 0 Å². The Kier molecular flexibility index (Phi) is 7.77. The molecule has 5 rings (SSSR count). The Morgan fingerprint density at radius 3 is 2.68 bits per heavy atom. The van der Waals surface area contributed by atoms with Crippen LogP contribution in [0.25, 0.3) is 26.4 Å². The van der Waals surface area contributed by atoms with Gasteiger partial charge in [-0.2, -0.15) is 4.57 Å². The summed E-state index contributed by atoms with van der Waals surface area (Å²) in [6.45, 7) is 10.8. The lowest BCUT2D eigenvalue weighted by Gasteiger charge is -2.18. The van der Waals surface area contributed by atoms with E-state index < -0.39 is 0 Å². The van der Waals surface area contributed by atoms with Crippen molar-refractivity contribution in [1.82, 2.24) is 0 Å². The molecule has 0 bridgehead atoms. The Bertz CT molecular complexity index is 1420. The standard InChI is InChI=1S/C27H29N2OS3.BrH/c1-6-18(14-24-28(7-2)20-13-17(4)9-10-22(20)32-24)15-25-29(8-3)26-23(33-25)16-21(30-5)19-11-12-31-27(19)26;/h9-16H,6-8H2,1-5H3;1H/q+1;/p-1. The molecule has 0 aliphatic carbocycles. The zero-order valence-corrected chi connectivity index (χ0v) is 24.2. The molecular weight excluding hydrogens is 544 g/mol. The number of hydrogen-bond acceptors (Lipinski definition) is 5. The van der Waals surface area contributed by atoms with Crippen molar-refractivity contribution < 1.29 is 26.3 Å². The largest absolute Gasteiger partial charge is 1.00 e. The number of aromatic nitrogens is 1. The zero-order valence-electron chi connectivity index (χ0n) is 20.1. The van der Waals surface area contributed by atoms with Gasteiger partial charge in [0.15, 0.2) is 0 Å². The lowest BCUT2D eigenvalue weighted by Crippen LogP contribution is -3.00. The minimum Gasteiger partial charge on any atom is -1.00 e. The molecule has 4 aromatic rings. The predicted molar refractivity (Wildman–Crippen MR) is 146 cm³/mol. The third-order valence-corrected chi connectivity index (χ3v) is 9.27. The van der Waals surface area contributed by atoms with Gasteiger partial charge in [-0.15, -0.1) is 11.3 Å². The van der Waals surface area contributed by atoms with Crippen LogP contribution in [-0.4, -0.2) is 13.7 Å². The first kappa shape index (κ1) is 25.3. The molecule has 0 saturated heterocycles. The predicted octanol–water partition coefficient (Wildman–Crippen LogP) is 5.01. The number of thiophene rings is 1. The van der Waals surface area contributed by atoms with Gasteiger partial charge in [0, 0.05) is 29.0 Å². The van der Waals surface area contributed by atoms with E-state index in [1.54, 1.807) is 18.4 Å². The van der Waals surface area contributed by atoms with Crippen molar-refractivity contribution >= 4 is 66.5 Å². The molecule has 7 heteroatoms. The van der Waals surface area contributed by atoms with E-state index in [1.807, 2.05) is 23.1 Å². The number of thioether (sulfide) groups is 1. The fourth-order valence-electron chi connectivity index (χ4n) is 4.47. The third-order valence-electron chi connectivity index (χ3n) is 6.16. The minimum absolute atomic E-state index is 0. The Morgan fingerprint density at radius 1 is 1.15 bits per heavy atom. The van der Waals surface area contributed by atoms with Crippen molar-refractivity contribution in [1.29, 1.82) is 0 Å². The number of rotatable bonds is 6. The van der Waals surface area contributed by atoms with Gasteiger partial charge in [-0.1, -0.05) is 36.1 Å². The summed E-state index contributed by atoms with van der Waals surface area (Å²) in [6, 6.07) is 11.1. The molecule has 0 atom stereocenters. The van der Waals surface area contributed by atoms with Crippen LogP contribution in [0.5, 0.6) is 5.75 Å². The number of methoxy groups -OCH3 is 1. The summed E-state index contributed by atoms with van der Waals surface area (Å²) in [5.41, 5.74) is 5.33. The van der Waals surface area contributed by atoms with Gasteiger partial charge in [-0.3, -0.25) is 0 Å². The van der Waals surface area contributed by atoms with Gasteiger partial charge in [0.2, 0.25) is 5.52 Å². The molecule has 0 saturated carbocycles. The molecule has 1 aliphatic heterocycles. The molecule has 34 heavy (non-hydrogen) atoms. The third kappa shape index (κ3) is 4.32. The molecule has 0 fully saturated rings. The van der Waals surface area contributed by atoms with E-state index >= 15 is 0 Å². The Morgan fingerprint density at radius 2 is 1.97 bits per heavy atom. The monoisotopic (exact) mass is 572 g/mol. The molecule has 178 valence electrons. The van der Waals surface area contributed by atoms with Crippen LogP contribution in [-0.2, 0) is 6.54 Å². The topological polar surface area (TPSA) is 16.4 Å². The first-order valence-electron chi connectivity index (χ1n) is 11.5. The van der Waals surface area contributed by atoms with Gasteiger partial charge in [0.1, 0.15) is 21.7 Å². The maximum absolute atomic E-state index is 5.70. The van der Waals surface area contributed by atoms with Crippen LogP contribution in [0, 0.1) is 6.92 Å². The van der Waals surface area contributed by atoms with E-state index in [9.17, 15) is 0 Å². The summed E-state index contributed by atoms with van der Waals surface area (Å²) in [5, 5.41) is 5.98. The Balaban J connectivity index is 0.00000274. The van der Waals surface area contributed by atoms with Crippen molar-refractivity contribution in [3.8, 4) is 5.75 Å². The first-order valence-corrected chi connectivity index (χ1v) is 14.0. The van der Waals surface area contributed by atoms with E-state index in [1.165, 1.54) is 52.1 Å². The van der Waals surface area contributed by atoms with Gasteiger partial charge < -0.3 is 26.6 Å². The molecular formula is C27H29BrN2OS3. The molecule has 3 nitrogen and oxygen atoms in total. The number of benzene rings is 2. The number of ether oxygens (including phenoxy) is 1. The molecule has 0 radical (unpaired) electrons. The number of thiazole rings is 1. The van der Waals surface area contributed by atoms with Crippen molar-refractivity contribution in [2.45, 2.75) is 45.6 Å². The second-order valence-electron chi connectivity index (χ2n) is 8.15. The van der Waals surface area contributed by atoms with E-state index in [-0.39, 0.29) is 17.0 Å². The lowest BCUT2D eigenvalue weighted by atomic mass is 10.1. The molecule has 2 aromatic heterocycles. The fraction of sp³-hybridized carbons (Fsp3) is 0.296. The maximum Gasteiger partial charge on any atom is 0.263 e. The number of aryl methyl sites for hydroxylation is 2. The van der Waals surface area contributed by atoms with Crippen LogP contribution in [0.4, 0.5) is 5.69 Å². The van der Waals surface area contributed by atoms with Gasteiger partial charge in [0.25, 0.3) is 5.01 Å². The normalized spacial score (nSPS) is 14.8. The number of hydrogen-bond donors (Lipinski definition) is 0. The van der Waals surface area contributed by atoms with Gasteiger partial charge in [0.05, 0.1) is 17.8 Å². The SMILES string of the molecule is CCC(/C=C1\Sc2ccc(C)cc2N1CC)=C\c1sc2cc(OC)c3ccsc3c2[n+]1CC.[Br-]. The van der Waals surface area contributed by atoms with E-state index in [4.69, 9.17) is 4.74 Å². The first-order chi connectivity index (χ1) is 16.1. The average molecular weight is 574 g/mol. The van der Waals surface area contributed by atoms with Crippen LogP contribution < -0.4 is 31.2 Å². The Labute approximate surface area is 224 Å². The van der Waals surface area contributed by atoms with Crippen molar-refractivity contribution in [2.75, 3.05) is 18.6 Å². The highest BCUT2D eigenvalue weighted by molar-refractivity contribution is 8.03. The van der Waals surface area contributed by atoms with Gasteiger partial charge >= 0.3 is 0 Å². The number of allylic oxidation sites excluding steroid dienone is 2. The minimum atomic E-state index is 0. The second-order valence-corrected chi connectivity index (χ2v) is 11.2. The number of fused-ring (bicyclic) bond motifs is 4. The van der Waals surface area contributed by atoms with E-state index in [0.717, 1.165) is 25.3 Å². The molecule has 0 N–H and O–H groups in total. The number of nitrogens with zero attached hydrogens (tertiary/aromatic N) is 2. The summed E-state index contributed by atoms with van der Waals surface area (Å²) in [6.07, 6.45) is 5.76. The highest BCUT2D eigenvalue weighted by atomic mass is 79.9. The van der Waals surface area contributed by atoms with Crippen molar-refractivity contribution in [2.24, 2.45) is 0 Å². The highest BCUT2D eigenvalue weighted by Gasteiger charge is 2.26. The lowest BCUT2D eigenvalue weighted by molar-refractivity contribution is -0.664. The van der Waals surface area contributed by atoms with Gasteiger partial charge in [-0.05, 0) is 68.0 Å². The molecule has 3 heterocycles. The average Bonchev–Trinajstić information content (AvgIpc) is 3.52. The Hall–Kier alpha value is -1.80. The summed E-state index contributed by atoms with van der Waals surface area (Å²) in [4.78, 5) is 3.79. The summed E-state index contributed by atoms with van der Waals surface area (Å²) in [7, 11) is 1.76. The smallest absolute Gasteiger partial charge is 0.263 e. The molecule has 1 aliphatic rings. The van der Waals surface area contributed by atoms with Crippen LogP contribution in [0.15, 0.2) is 57.3 Å².